The Labute approximate surface area is 134 Å². The van der Waals surface area contributed by atoms with Gasteiger partial charge in [0, 0.05) is 5.88 Å². The van der Waals surface area contributed by atoms with Crippen molar-refractivity contribution in [3.05, 3.63) is 52.8 Å². The van der Waals surface area contributed by atoms with E-state index >= 15 is 0 Å². The Morgan fingerprint density at radius 1 is 1.24 bits per heavy atom. The van der Waals surface area contributed by atoms with Gasteiger partial charge in [-0.15, -0.1) is 11.6 Å². The molecule has 0 saturated carbocycles. The van der Waals surface area contributed by atoms with Gasteiger partial charge in [0.25, 0.3) is 10.0 Å². The van der Waals surface area contributed by atoms with Crippen LogP contribution in [-0.4, -0.2) is 19.3 Å². The Morgan fingerprint density at radius 2 is 1.90 bits per heavy atom. The predicted octanol–water partition coefficient (Wildman–Crippen LogP) is 3.63. The molecule has 1 aromatic carbocycles. The van der Waals surface area contributed by atoms with Crippen molar-refractivity contribution in [1.82, 2.24) is 4.98 Å². The number of benzene rings is 1. The molecule has 2 aromatic rings. The minimum Gasteiger partial charge on any atom is -0.278 e. The number of aryl methyl sites for hydroxylation is 2. The molecule has 112 valence electrons. The molecule has 2 rings (SSSR count). The first-order chi connectivity index (χ1) is 9.92. The number of halogens is 2. The summed E-state index contributed by atoms with van der Waals surface area (Å²) >= 11 is 11.5. The summed E-state index contributed by atoms with van der Waals surface area (Å²) in [6, 6.07) is 8.25. The number of nitrogens with one attached hydrogen (secondary N) is 1. The summed E-state index contributed by atoms with van der Waals surface area (Å²) in [5.74, 6) is 0.500. The average Bonchev–Trinajstić information content (AvgIpc) is 2.44. The van der Waals surface area contributed by atoms with Crippen LogP contribution < -0.4 is 4.72 Å². The summed E-state index contributed by atoms with van der Waals surface area (Å²) in [6.07, 6.45) is 2.09. The van der Waals surface area contributed by atoms with Crippen LogP contribution >= 0.6 is 23.2 Å². The monoisotopic (exact) mass is 344 g/mol. The average molecular weight is 345 g/mol. The number of aromatic nitrogens is 1. The van der Waals surface area contributed by atoms with E-state index in [0.29, 0.717) is 28.7 Å². The second-order valence-corrected chi connectivity index (χ2v) is 6.94. The van der Waals surface area contributed by atoms with Crippen LogP contribution in [0.3, 0.4) is 0 Å². The minimum atomic E-state index is -3.64. The Bertz CT molecular complexity index is 731. The lowest BCUT2D eigenvalue weighted by Gasteiger charge is -2.09. The van der Waals surface area contributed by atoms with Crippen LogP contribution in [0.25, 0.3) is 0 Å². The van der Waals surface area contributed by atoms with Crippen molar-refractivity contribution in [2.75, 3.05) is 10.6 Å². The molecular formula is C14H14Cl2N2O2S. The van der Waals surface area contributed by atoms with Crippen molar-refractivity contribution in [3.63, 3.8) is 0 Å². The maximum atomic E-state index is 12.3. The Hall–Kier alpha value is -1.30. The fourth-order valence-corrected chi connectivity index (χ4v) is 3.13. The largest absolute Gasteiger partial charge is 0.278 e. The fraction of sp³-hybridized carbons (Fsp3) is 0.214. The van der Waals surface area contributed by atoms with Crippen LogP contribution in [0.4, 0.5) is 5.69 Å². The first-order valence-corrected chi connectivity index (χ1v) is 8.62. The van der Waals surface area contributed by atoms with Crippen molar-refractivity contribution in [2.45, 2.75) is 18.2 Å². The van der Waals surface area contributed by atoms with Crippen LogP contribution in [0.2, 0.25) is 5.15 Å². The summed E-state index contributed by atoms with van der Waals surface area (Å²) in [6.45, 7) is 1.76. The number of sulfonamides is 1. The molecule has 0 aliphatic carbocycles. The number of nitrogens with zero attached hydrogens (tertiary/aromatic N) is 1. The summed E-state index contributed by atoms with van der Waals surface area (Å²) < 4.78 is 27.0. The molecule has 7 heteroatoms. The number of pyridine rings is 1. The molecule has 0 fully saturated rings. The van der Waals surface area contributed by atoms with Gasteiger partial charge in [0.05, 0.1) is 16.8 Å². The van der Waals surface area contributed by atoms with Gasteiger partial charge in [-0.2, -0.15) is 0 Å². The van der Waals surface area contributed by atoms with E-state index in [1.54, 1.807) is 37.3 Å². The maximum absolute atomic E-state index is 12.3. The lowest BCUT2D eigenvalue weighted by atomic mass is 10.2. The maximum Gasteiger partial charge on any atom is 0.261 e. The summed E-state index contributed by atoms with van der Waals surface area (Å²) in [5, 5.41) is 0.350. The van der Waals surface area contributed by atoms with Gasteiger partial charge < -0.3 is 0 Å². The van der Waals surface area contributed by atoms with Crippen LogP contribution in [0.5, 0.6) is 0 Å². The number of hydrogen-bond donors (Lipinski definition) is 1. The van der Waals surface area contributed by atoms with Crippen LogP contribution in [-0.2, 0) is 16.4 Å². The second kappa shape index (κ2) is 6.64. The number of anilines is 1. The molecule has 0 spiro atoms. The number of rotatable bonds is 5. The Kier molecular flexibility index (Phi) is 5.08. The van der Waals surface area contributed by atoms with Gasteiger partial charge in [-0.3, -0.25) is 4.72 Å². The van der Waals surface area contributed by atoms with Crippen molar-refractivity contribution in [1.29, 1.82) is 0 Å². The van der Waals surface area contributed by atoms with Crippen molar-refractivity contribution in [3.8, 4) is 0 Å². The molecule has 0 aliphatic rings. The van der Waals surface area contributed by atoms with Gasteiger partial charge in [0.15, 0.2) is 0 Å². The van der Waals surface area contributed by atoms with E-state index < -0.39 is 10.0 Å². The zero-order chi connectivity index (χ0) is 15.5. The topological polar surface area (TPSA) is 59.1 Å². The van der Waals surface area contributed by atoms with Crippen LogP contribution in [0.15, 0.2) is 41.4 Å². The molecule has 1 aromatic heterocycles. The lowest BCUT2D eigenvalue weighted by Crippen LogP contribution is -2.13. The standard InChI is InChI=1S/C14H14Cl2N2O2S/c1-10-8-12(9-17-14(10)16)18-21(19,20)13-4-2-11(3-5-13)6-7-15/h2-5,8-9,18H,6-7H2,1H3. The van der Waals surface area contributed by atoms with Gasteiger partial charge in [0.1, 0.15) is 5.15 Å². The quantitative estimate of drug-likeness (QED) is 0.665. The number of hydrogen-bond acceptors (Lipinski definition) is 3. The van der Waals surface area contributed by atoms with E-state index in [2.05, 4.69) is 9.71 Å². The normalized spacial score (nSPS) is 11.4. The third kappa shape index (κ3) is 4.09. The first kappa shape index (κ1) is 16.1. The molecule has 4 nitrogen and oxygen atoms in total. The van der Waals surface area contributed by atoms with Gasteiger partial charge in [0.2, 0.25) is 0 Å². The fourth-order valence-electron chi connectivity index (χ4n) is 1.77. The molecule has 0 aliphatic heterocycles. The van der Waals surface area contributed by atoms with E-state index in [4.69, 9.17) is 23.2 Å². The van der Waals surface area contributed by atoms with Gasteiger partial charge in [-0.05, 0) is 42.7 Å². The van der Waals surface area contributed by atoms with Gasteiger partial charge >= 0.3 is 0 Å². The highest BCUT2D eigenvalue weighted by Crippen LogP contribution is 2.20. The first-order valence-electron chi connectivity index (χ1n) is 6.22. The zero-order valence-corrected chi connectivity index (χ0v) is 13.6. The van der Waals surface area contributed by atoms with Gasteiger partial charge in [-0.1, -0.05) is 23.7 Å². The molecule has 0 radical (unpaired) electrons. The van der Waals surface area contributed by atoms with Crippen molar-refractivity contribution < 1.29 is 8.42 Å². The summed E-state index contributed by atoms with van der Waals surface area (Å²) in [7, 11) is -3.64. The third-order valence-electron chi connectivity index (χ3n) is 2.88. The number of alkyl halides is 1. The smallest absolute Gasteiger partial charge is 0.261 e. The summed E-state index contributed by atoms with van der Waals surface area (Å²) in [5.41, 5.74) is 2.07. The molecule has 0 atom stereocenters. The van der Waals surface area contributed by atoms with Gasteiger partial charge in [-0.25, -0.2) is 13.4 Å². The zero-order valence-electron chi connectivity index (χ0n) is 11.3. The van der Waals surface area contributed by atoms with Crippen molar-refractivity contribution >= 4 is 38.9 Å². The van der Waals surface area contributed by atoms with E-state index in [0.717, 1.165) is 5.56 Å². The molecule has 1 N–H and O–H groups in total. The Balaban J connectivity index is 2.23. The summed E-state index contributed by atoms with van der Waals surface area (Å²) in [4.78, 5) is 4.11. The second-order valence-electron chi connectivity index (χ2n) is 4.52. The van der Waals surface area contributed by atoms with Crippen molar-refractivity contribution in [2.24, 2.45) is 0 Å². The SMILES string of the molecule is Cc1cc(NS(=O)(=O)c2ccc(CCCl)cc2)cnc1Cl. The highest BCUT2D eigenvalue weighted by Gasteiger charge is 2.14. The highest BCUT2D eigenvalue weighted by molar-refractivity contribution is 7.92. The van der Waals surface area contributed by atoms with Crippen LogP contribution in [0.1, 0.15) is 11.1 Å². The molecule has 0 bridgehead atoms. The lowest BCUT2D eigenvalue weighted by molar-refractivity contribution is 0.601. The van der Waals surface area contributed by atoms with E-state index in [9.17, 15) is 8.42 Å². The molecule has 21 heavy (non-hydrogen) atoms. The van der Waals surface area contributed by atoms with Crippen LogP contribution in [0, 0.1) is 6.92 Å². The molecular weight excluding hydrogens is 331 g/mol. The molecule has 0 saturated heterocycles. The molecule has 0 amide bonds. The minimum absolute atomic E-state index is 0.188. The molecule has 0 unspecified atom stereocenters. The van der Waals surface area contributed by atoms with E-state index in [1.165, 1.54) is 6.20 Å². The van der Waals surface area contributed by atoms with E-state index in [1.807, 2.05) is 0 Å². The Morgan fingerprint density at radius 3 is 2.48 bits per heavy atom. The third-order valence-corrected chi connectivity index (χ3v) is 4.87. The highest BCUT2D eigenvalue weighted by atomic mass is 35.5. The predicted molar refractivity (Wildman–Crippen MR) is 85.7 cm³/mol. The molecule has 1 heterocycles. The van der Waals surface area contributed by atoms with E-state index in [-0.39, 0.29) is 4.90 Å².